The molecular weight excluding hydrogens is 180 g/mol. The summed E-state index contributed by atoms with van der Waals surface area (Å²) in [5.74, 6) is 1.53. The Morgan fingerprint density at radius 3 is 2.50 bits per heavy atom. The van der Waals surface area contributed by atoms with Gasteiger partial charge in [-0.2, -0.15) is 0 Å². The third kappa shape index (κ3) is 4.40. The average Bonchev–Trinajstić information content (AvgIpc) is 2.21. The van der Waals surface area contributed by atoms with Crippen LogP contribution in [0.3, 0.4) is 0 Å². The second-order valence-corrected chi connectivity index (χ2v) is 4.50. The van der Waals surface area contributed by atoms with Crippen molar-refractivity contribution >= 4 is 0 Å². The number of aliphatic hydroxyl groups excluding tert-OH is 2. The van der Waals surface area contributed by atoms with Gasteiger partial charge in [-0.25, -0.2) is 0 Å². The normalized spacial score (nSPS) is 30.2. The first-order valence-corrected chi connectivity index (χ1v) is 5.59. The quantitative estimate of drug-likeness (QED) is 0.704. The van der Waals surface area contributed by atoms with Crippen molar-refractivity contribution in [3.8, 4) is 0 Å². The van der Waals surface area contributed by atoms with Gasteiger partial charge in [0.15, 0.2) is 0 Å². The molecule has 0 aromatic heterocycles. The molecule has 0 spiro atoms. The smallest absolute Gasteiger partial charge is 0.100 e. The summed E-state index contributed by atoms with van der Waals surface area (Å²) in [6.45, 7) is 3.10. The summed E-state index contributed by atoms with van der Waals surface area (Å²) in [5, 5.41) is 17.6. The molecule has 3 heteroatoms. The Bertz CT molecular complexity index is 141. The Kier molecular flexibility index (Phi) is 5.45. The lowest BCUT2D eigenvalue weighted by Gasteiger charge is -2.26. The predicted octanol–water partition coefficient (Wildman–Crippen LogP) is 1.18. The highest BCUT2D eigenvalue weighted by atomic mass is 16.5. The second kappa shape index (κ2) is 6.38. The van der Waals surface area contributed by atoms with E-state index in [4.69, 9.17) is 14.9 Å². The summed E-state index contributed by atoms with van der Waals surface area (Å²) in [6.07, 6.45) is 4.39. The maximum Gasteiger partial charge on any atom is 0.100 e. The average molecular weight is 202 g/mol. The van der Waals surface area contributed by atoms with Crippen LogP contribution in [-0.2, 0) is 4.74 Å². The molecule has 0 amide bonds. The Morgan fingerprint density at radius 1 is 1.29 bits per heavy atom. The molecular formula is C11H22O3. The molecule has 1 aliphatic carbocycles. The van der Waals surface area contributed by atoms with Crippen molar-refractivity contribution in [2.24, 2.45) is 11.8 Å². The SMILES string of the molecule is CC1CCC(COCC(O)CO)CC1. The summed E-state index contributed by atoms with van der Waals surface area (Å²) in [7, 11) is 0. The molecule has 14 heavy (non-hydrogen) atoms. The van der Waals surface area contributed by atoms with Crippen LogP contribution in [0.2, 0.25) is 0 Å². The van der Waals surface area contributed by atoms with Gasteiger partial charge in [0.1, 0.15) is 6.10 Å². The van der Waals surface area contributed by atoms with Gasteiger partial charge in [-0.15, -0.1) is 0 Å². The molecule has 1 rings (SSSR count). The molecule has 1 saturated carbocycles. The number of ether oxygens (including phenoxy) is 1. The zero-order chi connectivity index (χ0) is 10.4. The summed E-state index contributed by atoms with van der Waals surface area (Å²) < 4.78 is 5.35. The van der Waals surface area contributed by atoms with E-state index in [-0.39, 0.29) is 13.2 Å². The fraction of sp³-hybridized carbons (Fsp3) is 1.00. The third-order valence-corrected chi connectivity index (χ3v) is 3.01. The molecule has 2 N–H and O–H groups in total. The molecule has 3 nitrogen and oxygen atoms in total. The summed E-state index contributed by atoms with van der Waals surface area (Å²) >= 11 is 0. The van der Waals surface area contributed by atoms with Gasteiger partial charge in [0.05, 0.1) is 13.2 Å². The lowest BCUT2D eigenvalue weighted by molar-refractivity contribution is -0.00969. The maximum absolute atomic E-state index is 9.05. The summed E-state index contributed by atoms with van der Waals surface area (Å²) in [6, 6.07) is 0. The van der Waals surface area contributed by atoms with Crippen LogP contribution >= 0.6 is 0 Å². The van der Waals surface area contributed by atoms with Crippen molar-refractivity contribution < 1.29 is 14.9 Å². The molecule has 1 fully saturated rings. The van der Waals surface area contributed by atoms with Crippen LogP contribution in [0.1, 0.15) is 32.6 Å². The highest BCUT2D eigenvalue weighted by Gasteiger charge is 2.18. The molecule has 0 bridgehead atoms. The van der Waals surface area contributed by atoms with Gasteiger partial charge in [0.25, 0.3) is 0 Å². The molecule has 0 aliphatic heterocycles. The van der Waals surface area contributed by atoms with E-state index in [1.54, 1.807) is 0 Å². The zero-order valence-corrected chi connectivity index (χ0v) is 8.98. The first-order valence-electron chi connectivity index (χ1n) is 5.59. The van der Waals surface area contributed by atoms with E-state index in [1.807, 2.05) is 0 Å². The van der Waals surface area contributed by atoms with Crippen molar-refractivity contribution in [3.63, 3.8) is 0 Å². The number of hydrogen-bond acceptors (Lipinski definition) is 3. The highest BCUT2D eigenvalue weighted by Crippen LogP contribution is 2.28. The fourth-order valence-electron chi connectivity index (χ4n) is 1.92. The molecule has 0 aromatic carbocycles. The lowest BCUT2D eigenvalue weighted by Crippen LogP contribution is -2.23. The molecule has 84 valence electrons. The van der Waals surface area contributed by atoms with Crippen LogP contribution in [0.5, 0.6) is 0 Å². The highest BCUT2D eigenvalue weighted by molar-refractivity contribution is 4.69. The van der Waals surface area contributed by atoms with Crippen molar-refractivity contribution in [2.75, 3.05) is 19.8 Å². The van der Waals surface area contributed by atoms with Gasteiger partial charge in [-0.3, -0.25) is 0 Å². The first kappa shape index (κ1) is 12.0. The van der Waals surface area contributed by atoms with Crippen LogP contribution < -0.4 is 0 Å². The van der Waals surface area contributed by atoms with Gasteiger partial charge in [0, 0.05) is 6.61 Å². The van der Waals surface area contributed by atoms with Crippen molar-refractivity contribution in [2.45, 2.75) is 38.7 Å². The second-order valence-electron chi connectivity index (χ2n) is 4.50. The lowest BCUT2D eigenvalue weighted by atomic mass is 9.83. The van der Waals surface area contributed by atoms with Gasteiger partial charge >= 0.3 is 0 Å². The van der Waals surface area contributed by atoms with Gasteiger partial charge in [-0.05, 0) is 24.7 Å². The third-order valence-electron chi connectivity index (χ3n) is 3.01. The monoisotopic (exact) mass is 202 g/mol. The molecule has 0 aromatic rings. The standard InChI is InChI=1S/C11H22O3/c1-9-2-4-10(5-3-9)7-14-8-11(13)6-12/h9-13H,2-8H2,1H3. The Morgan fingerprint density at radius 2 is 1.93 bits per heavy atom. The largest absolute Gasteiger partial charge is 0.394 e. The summed E-state index contributed by atoms with van der Waals surface area (Å²) in [5.41, 5.74) is 0. The van der Waals surface area contributed by atoms with Crippen LogP contribution in [0, 0.1) is 11.8 Å². The number of rotatable bonds is 5. The predicted molar refractivity (Wildman–Crippen MR) is 55.0 cm³/mol. The van der Waals surface area contributed by atoms with Crippen molar-refractivity contribution in [3.05, 3.63) is 0 Å². The number of hydrogen-bond donors (Lipinski definition) is 2. The van der Waals surface area contributed by atoms with Gasteiger partial charge in [0.2, 0.25) is 0 Å². The van der Waals surface area contributed by atoms with E-state index < -0.39 is 6.10 Å². The van der Waals surface area contributed by atoms with Gasteiger partial charge < -0.3 is 14.9 Å². The molecule has 0 radical (unpaired) electrons. The molecule has 0 heterocycles. The number of aliphatic hydroxyl groups is 2. The fourth-order valence-corrected chi connectivity index (χ4v) is 1.92. The molecule has 1 atom stereocenters. The zero-order valence-electron chi connectivity index (χ0n) is 8.98. The first-order chi connectivity index (χ1) is 6.72. The Labute approximate surface area is 86.1 Å². The maximum atomic E-state index is 9.05. The minimum Gasteiger partial charge on any atom is -0.394 e. The van der Waals surface area contributed by atoms with E-state index >= 15 is 0 Å². The van der Waals surface area contributed by atoms with Crippen LogP contribution in [0.25, 0.3) is 0 Å². The van der Waals surface area contributed by atoms with Gasteiger partial charge in [-0.1, -0.05) is 19.8 Å². The molecule has 1 unspecified atom stereocenters. The van der Waals surface area contributed by atoms with Crippen molar-refractivity contribution in [1.29, 1.82) is 0 Å². The topological polar surface area (TPSA) is 49.7 Å². The van der Waals surface area contributed by atoms with Crippen LogP contribution in [0.4, 0.5) is 0 Å². The van der Waals surface area contributed by atoms with Crippen molar-refractivity contribution in [1.82, 2.24) is 0 Å². The van der Waals surface area contributed by atoms with Crippen LogP contribution in [0.15, 0.2) is 0 Å². The van der Waals surface area contributed by atoms with E-state index in [2.05, 4.69) is 6.92 Å². The van der Waals surface area contributed by atoms with Crippen LogP contribution in [-0.4, -0.2) is 36.1 Å². The van der Waals surface area contributed by atoms with E-state index in [0.29, 0.717) is 5.92 Å². The Balaban J connectivity index is 2.02. The molecule has 1 aliphatic rings. The molecule has 0 saturated heterocycles. The minimum atomic E-state index is -0.711. The summed E-state index contributed by atoms with van der Waals surface area (Å²) in [4.78, 5) is 0. The van der Waals surface area contributed by atoms with E-state index in [1.165, 1.54) is 25.7 Å². The van der Waals surface area contributed by atoms with E-state index in [9.17, 15) is 0 Å². The minimum absolute atomic E-state index is 0.207. The Hall–Kier alpha value is -0.120. The van der Waals surface area contributed by atoms with E-state index in [0.717, 1.165) is 12.5 Å².